The van der Waals surface area contributed by atoms with Gasteiger partial charge in [-0.3, -0.25) is 9.59 Å². The molecule has 8 heteroatoms. The summed E-state index contributed by atoms with van der Waals surface area (Å²) in [5.74, 6) is -0.465. The molecule has 4 aromatic rings. The Morgan fingerprint density at radius 2 is 1.81 bits per heavy atom. The summed E-state index contributed by atoms with van der Waals surface area (Å²) in [6.07, 6.45) is 5.24. The number of benzene rings is 3. The predicted molar refractivity (Wildman–Crippen MR) is 173 cm³/mol. The van der Waals surface area contributed by atoms with Gasteiger partial charge in [-0.2, -0.15) is 11.8 Å². The van der Waals surface area contributed by atoms with Crippen molar-refractivity contribution in [2.45, 2.75) is 44.8 Å². The van der Waals surface area contributed by atoms with E-state index < -0.39 is 11.6 Å². The molecule has 0 saturated carbocycles. The van der Waals surface area contributed by atoms with E-state index in [2.05, 4.69) is 11.4 Å². The van der Waals surface area contributed by atoms with E-state index in [4.69, 9.17) is 21.7 Å². The standard InChI is InChI=1S/C34H35ClN2O4S/c1-34(2,41)29-9-4-3-7-24(29)13-17-30(37-32(38)22-42-19-18-33(39)40)26-8-5-6-23(20-26)10-15-28-16-12-25-11-14-27(35)21-31(25)36-28/h3-12,14-16,20-21,30,41H,13,17-19,22H2,1-2H3,(H,37,38)(H,39,40). The molecule has 3 N–H and O–H groups in total. The molecule has 0 spiro atoms. The van der Waals surface area contributed by atoms with Gasteiger partial charge in [0.05, 0.1) is 35.0 Å². The number of carbonyl (C=O) groups is 2. The molecule has 0 saturated heterocycles. The van der Waals surface area contributed by atoms with E-state index in [9.17, 15) is 14.7 Å². The molecule has 0 fully saturated rings. The summed E-state index contributed by atoms with van der Waals surface area (Å²) in [6.45, 7) is 3.54. The third-order valence-electron chi connectivity index (χ3n) is 6.84. The molecular formula is C34H35ClN2O4S. The van der Waals surface area contributed by atoms with Crippen LogP contribution in [0, 0.1) is 0 Å². The highest BCUT2D eigenvalue weighted by molar-refractivity contribution is 7.99. The highest BCUT2D eigenvalue weighted by Gasteiger charge is 2.21. The molecule has 218 valence electrons. The van der Waals surface area contributed by atoms with E-state index in [0.29, 0.717) is 23.6 Å². The van der Waals surface area contributed by atoms with E-state index in [0.717, 1.165) is 38.9 Å². The first-order valence-electron chi connectivity index (χ1n) is 13.8. The number of aromatic nitrogens is 1. The Morgan fingerprint density at radius 3 is 2.60 bits per heavy atom. The number of hydrogen-bond acceptors (Lipinski definition) is 5. The molecule has 0 radical (unpaired) electrons. The van der Waals surface area contributed by atoms with Gasteiger partial charge in [-0.1, -0.05) is 72.3 Å². The second kappa shape index (κ2) is 14.5. The van der Waals surface area contributed by atoms with Crippen molar-refractivity contribution in [3.8, 4) is 0 Å². The number of pyridine rings is 1. The van der Waals surface area contributed by atoms with Gasteiger partial charge in [-0.15, -0.1) is 0 Å². The zero-order valence-corrected chi connectivity index (χ0v) is 25.3. The number of thioether (sulfide) groups is 1. The fourth-order valence-electron chi connectivity index (χ4n) is 4.78. The Bertz CT molecular complexity index is 1580. The van der Waals surface area contributed by atoms with Gasteiger partial charge in [0.25, 0.3) is 0 Å². The second-order valence-corrected chi connectivity index (χ2v) is 12.2. The first-order valence-corrected chi connectivity index (χ1v) is 15.4. The third-order valence-corrected chi connectivity index (χ3v) is 8.04. The summed E-state index contributed by atoms with van der Waals surface area (Å²) in [4.78, 5) is 28.4. The fourth-order valence-corrected chi connectivity index (χ4v) is 5.68. The summed E-state index contributed by atoms with van der Waals surface area (Å²) in [5, 5.41) is 24.4. The number of aliphatic carboxylic acids is 1. The van der Waals surface area contributed by atoms with E-state index in [1.807, 2.05) is 84.9 Å². The van der Waals surface area contributed by atoms with Crippen molar-refractivity contribution in [2.75, 3.05) is 11.5 Å². The largest absolute Gasteiger partial charge is 0.481 e. The van der Waals surface area contributed by atoms with Crippen LogP contribution in [0.2, 0.25) is 5.02 Å². The number of amides is 1. The zero-order valence-electron chi connectivity index (χ0n) is 23.7. The van der Waals surface area contributed by atoms with Crippen LogP contribution in [-0.4, -0.2) is 38.6 Å². The maximum absolute atomic E-state index is 12.9. The topological polar surface area (TPSA) is 99.5 Å². The van der Waals surface area contributed by atoms with E-state index in [1.54, 1.807) is 13.8 Å². The number of nitrogens with one attached hydrogen (secondary N) is 1. The normalized spacial score (nSPS) is 12.5. The Kier molecular flexibility index (Phi) is 10.8. The van der Waals surface area contributed by atoms with Crippen molar-refractivity contribution in [3.63, 3.8) is 0 Å². The van der Waals surface area contributed by atoms with Crippen LogP contribution >= 0.6 is 23.4 Å². The molecule has 0 aliphatic heterocycles. The smallest absolute Gasteiger partial charge is 0.304 e. The molecule has 1 unspecified atom stereocenters. The van der Waals surface area contributed by atoms with Crippen molar-refractivity contribution in [3.05, 3.63) is 112 Å². The van der Waals surface area contributed by atoms with Crippen LogP contribution in [-0.2, 0) is 21.6 Å². The van der Waals surface area contributed by atoms with E-state index in [1.165, 1.54) is 11.8 Å². The Hall–Kier alpha value is -3.65. The number of fused-ring (bicyclic) bond motifs is 1. The van der Waals surface area contributed by atoms with E-state index >= 15 is 0 Å². The number of halogens is 1. The van der Waals surface area contributed by atoms with Gasteiger partial charge in [-0.25, -0.2) is 4.98 Å². The van der Waals surface area contributed by atoms with Crippen LogP contribution in [0.4, 0.5) is 0 Å². The van der Waals surface area contributed by atoms with Crippen LogP contribution in [0.5, 0.6) is 0 Å². The summed E-state index contributed by atoms with van der Waals surface area (Å²) >= 11 is 7.45. The summed E-state index contributed by atoms with van der Waals surface area (Å²) in [7, 11) is 0. The first-order chi connectivity index (χ1) is 20.1. The second-order valence-electron chi connectivity index (χ2n) is 10.6. The first kappa shape index (κ1) is 31.3. The molecule has 3 aromatic carbocycles. The average Bonchev–Trinajstić information content (AvgIpc) is 2.96. The van der Waals surface area contributed by atoms with Crippen LogP contribution in [0.15, 0.2) is 78.9 Å². The molecular weight excluding hydrogens is 568 g/mol. The zero-order chi connectivity index (χ0) is 30.1. The van der Waals surface area contributed by atoms with Gasteiger partial charge in [-0.05, 0) is 79.3 Å². The maximum Gasteiger partial charge on any atom is 0.304 e. The lowest BCUT2D eigenvalue weighted by atomic mass is 9.89. The summed E-state index contributed by atoms with van der Waals surface area (Å²) in [6, 6.07) is 25.2. The minimum absolute atomic E-state index is 0.0165. The molecule has 6 nitrogen and oxygen atoms in total. The third kappa shape index (κ3) is 9.18. The highest BCUT2D eigenvalue weighted by atomic mass is 35.5. The summed E-state index contributed by atoms with van der Waals surface area (Å²) in [5.41, 5.74) is 4.46. The highest BCUT2D eigenvalue weighted by Crippen LogP contribution is 2.28. The lowest BCUT2D eigenvalue weighted by molar-refractivity contribution is -0.136. The maximum atomic E-state index is 12.9. The van der Waals surface area contributed by atoms with Gasteiger partial charge in [0.2, 0.25) is 5.91 Å². The SMILES string of the molecule is CC(C)(O)c1ccccc1CCC(NC(=O)CSCCC(=O)O)c1cccc(C=Cc2ccc3ccc(Cl)cc3n2)c1. The Balaban J connectivity index is 1.54. The lowest BCUT2D eigenvalue weighted by Crippen LogP contribution is -2.30. The molecule has 0 aliphatic rings. The lowest BCUT2D eigenvalue weighted by Gasteiger charge is -2.24. The number of hydrogen-bond donors (Lipinski definition) is 3. The van der Waals surface area contributed by atoms with Crippen molar-refractivity contribution in [2.24, 2.45) is 0 Å². The van der Waals surface area contributed by atoms with Crippen LogP contribution in [0.1, 0.15) is 60.7 Å². The quantitative estimate of drug-likeness (QED) is 0.139. The average molecular weight is 603 g/mol. The Morgan fingerprint density at radius 1 is 1.02 bits per heavy atom. The molecule has 0 bridgehead atoms. The number of carboxylic acid groups (broad SMARTS) is 1. The van der Waals surface area contributed by atoms with Crippen molar-refractivity contribution in [1.29, 1.82) is 0 Å². The minimum atomic E-state index is -0.983. The van der Waals surface area contributed by atoms with Gasteiger partial charge in [0.15, 0.2) is 0 Å². The number of aryl methyl sites for hydroxylation is 1. The van der Waals surface area contributed by atoms with Crippen molar-refractivity contribution >= 4 is 58.3 Å². The molecule has 0 aliphatic carbocycles. The molecule has 1 aromatic heterocycles. The number of nitrogens with zero attached hydrogens (tertiary/aromatic N) is 1. The number of aliphatic hydroxyl groups is 1. The molecule has 4 rings (SSSR count). The van der Waals surface area contributed by atoms with E-state index in [-0.39, 0.29) is 24.1 Å². The van der Waals surface area contributed by atoms with Crippen LogP contribution in [0.3, 0.4) is 0 Å². The number of carboxylic acids is 1. The summed E-state index contributed by atoms with van der Waals surface area (Å²) < 4.78 is 0. The molecule has 42 heavy (non-hydrogen) atoms. The monoisotopic (exact) mass is 602 g/mol. The number of rotatable bonds is 13. The molecule has 1 atom stereocenters. The van der Waals surface area contributed by atoms with Crippen molar-refractivity contribution in [1.82, 2.24) is 10.3 Å². The molecule has 1 heterocycles. The van der Waals surface area contributed by atoms with Gasteiger partial charge >= 0.3 is 5.97 Å². The van der Waals surface area contributed by atoms with Crippen LogP contribution in [0.25, 0.3) is 23.1 Å². The van der Waals surface area contributed by atoms with Gasteiger partial charge < -0.3 is 15.5 Å². The van der Waals surface area contributed by atoms with Gasteiger partial charge in [0, 0.05) is 16.2 Å². The predicted octanol–water partition coefficient (Wildman–Crippen LogP) is 7.28. The fraction of sp³-hybridized carbons (Fsp3) is 0.265. The number of carbonyl (C=O) groups excluding carboxylic acids is 1. The minimum Gasteiger partial charge on any atom is -0.481 e. The van der Waals surface area contributed by atoms with Crippen LogP contribution < -0.4 is 5.32 Å². The Labute approximate surface area is 255 Å². The molecule has 1 amide bonds. The van der Waals surface area contributed by atoms with Gasteiger partial charge in [0.1, 0.15) is 0 Å². The van der Waals surface area contributed by atoms with Crippen molar-refractivity contribution < 1.29 is 19.8 Å².